The van der Waals surface area contributed by atoms with Crippen LogP contribution in [-0.4, -0.2) is 24.2 Å². The Morgan fingerprint density at radius 2 is 1.35 bits per heavy atom. The van der Waals surface area contributed by atoms with E-state index in [1.165, 1.54) is 24.3 Å². The van der Waals surface area contributed by atoms with Crippen LogP contribution in [0.5, 0.6) is 0 Å². The summed E-state index contributed by atoms with van der Waals surface area (Å²) in [5.74, 6) is -1.21. The third-order valence-electron chi connectivity index (χ3n) is 3.49. The van der Waals surface area contributed by atoms with Crippen LogP contribution >= 0.6 is 0 Å². The van der Waals surface area contributed by atoms with E-state index in [0.717, 1.165) is 11.1 Å². The van der Waals surface area contributed by atoms with E-state index in [-0.39, 0.29) is 5.97 Å². The highest BCUT2D eigenvalue weighted by Crippen LogP contribution is 2.08. The van der Waals surface area contributed by atoms with Crippen molar-refractivity contribution >= 4 is 24.1 Å². The number of carboxylic acid groups (broad SMARTS) is 1. The van der Waals surface area contributed by atoms with Crippen LogP contribution in [0.15, 0.2) is 60.2 Å². The van der Waals surface area contributed by atoms with E-state index in [9.17, 15) is 9.59 Å². The second-order valence-electron chi connectivity index (χ2n) is 5.81. The van der Waals surface area contributed by atoms with Gasteiger partial charge in [-0.05, 0) is 44.1 Å². The molecule has 2 rings (SSSR count). The Bertz CT molecular complexity index is 780. The highest BCUT2D eigenvalue weighted by molar-refractivity contribution is 5.91. The fourth-order valence-electron chi connectivity index (χ4n) is 1.88. The number of hydrogen-bond acceptors (Lipinski definition) is 3. The highest BCUT2D eigenvalue weighted by Gasteiger charge is 1.98. The summed E-state index contributed by atoms with van der Waals surface area (Å²) in [6, 6.07) is 15.6. The standard InChI is InChI=1S/2C11H12O2/c1-9-3-5-10(6-4-9)7-8-11(12)13-2;1-8-3-5-10(6-4-8)7-9(2)11(12)13/h3-8H,1-2H3;3-7H,1-2H3,(H,12,13). The molecule has 0 fully saturated rings. The van der Waals surface area contributed by atoms with Gasteiger partial charge in [0, 0.05) is 11.6 Å². The van der Waals surface area contributed by atoms with E-state index in [0.29, 0.717) is 5.57 Å². The summed E-state index contributed by atoms with van der Waals surface area (Å²) in [5, 5.41) is 8.63. The zero-order valence-corrected chi connectivity index (χ0v) is 15.5. The van der Waals surface area contributed by atoms with Crippen LogP contribution in [0.25, 0.3) is 12.2 Å². The van der Waals surface area contributed by atoms with Gasteiger partial charge in [0.1, 0.15) is 0 Å². The summed E-state index contributed by atoms with van der Waals surface area (Å²) in [6.45, 7) is 5.60. The lowest BCUT2D eigenvalue weighted by atomic mass is 10.1. The normalized spacial score (nSPS) is 10.8. The molecule has 26 heavy (non-hydrogen) atoms. The van der Waals surface area contributed by atoms with Gasteiger partial charge in [0.05, 0.1) is 7.11 Å². The number of hydrogen-bond donors (Lipinski definition) is 1. The molecule has 4 heteroatoms. The van der Waals surface area contributed by atoms with Crippen molar-refractivity contribution < 1.29 is 19.4 Å². The average molecular weight is 352 g/mol. The molecule has 2 aromatic carbocycles. The van der Waals surface area contributed by atoms with E-state index in [1.54, 1.807) is 19.1 Å². The van der Waals surface area contributed by atoms with Crippen molar-refractivity contribution in [3.05, 3.63) is 82.4 Å². The lowest BCUT2D eigenvalue weighted by Crippen LogP contribution is -1.95. The van der Waals surface area contributed by atoms with Crippen molar-refractivity contribution in [1.29, 1.82) is 0 Å². The number of esters is 1. The average Bonchev–Trinajstić information content (AvgIpc) is 2.63. The monoisotopic (exact) mass is 352 g/mol. The maximum absolute atomic E-state index is 10.7. The number of carbonyl (C=O) groups is 2. The zero-order chi connectivity index (χ0) is 19.5. The first-order valence-electron chi connectivity index (χ1n) is 8.12. The van der Waals surface area contributed by atoms with Gasteiger partial charge in [0.25, 0.3) is 0 Å². The van der Waals surface area contributed by atoms with Crippen LogP contribution in [0, 0.1) is 13.8 Å². The van der Waals surface area contributed by atoms with Gasteiger partial charge >= 0.3 is 11.9 Å². The van der Waals surface area contributed by atoms with E-state index in [4.69, 9.17) is 5.11 Å². The minimum Gasteiger partial charge on any atom is -0.478 e. The number of carboxylic acids is 1. The summed E-state index contributed by atoms with van der Waals surface area (Å²) in [7, 11) is 1.36. The van der Waals surface area contributed by atoms with Gasteiger partial charge in [-0.3, -0.25) is 0 Å². The second-order valence-corrected chi connectivity index (χ2v) is 5.81. The van der Waals surface area contributed by atoms with Gasteiger partial charge in [-0.25, -0.2) is 9.59 Å². The molecule has 0 atom stereocenters. The molecule has 0 amide bonds. The van der Waals surface area contributed by atoms with Gasteiger partial charge in [0.15, 0.2) is 0 Å². The smallest absolute Gasteiger partial charge is 0.331 e. The molecule has 0 aliphatic rings. The second kappa shape index (κ2) is 10.7. The van der Waals surface area contributed by atoms with E-state index < -0.39 is 5.97 Å². The number of benzene rings is 2. The Morgan fingerprint density at radius 3 is 1.77 bits per heavy atom. The minimum absolute atomic E-state index is 0.333. The summed E-state index contributed by atoms with van der Waals surface area (Å²) in [5.41, 5.74) is 4.64. The number of aliphatic carboxylic acids is 1. The third kappa shape index (κ3) is 8.11. The largest absolute Gasteiger partial charge is 0.478 e. The van der Waals surface area contributed by atoms with Crippen LogP contribution in [-0.2, 0) is 14.3 Å². The molecule has 0 bridgehead atoms. The van der Waals surface area contributed by atoms with Crippen LogP contribution in [0.3, 0.4) is 0 Å². The highest BCUT2D eigenvalue weighted by atomic mass is 16.5. The van der Waals surface area contributed by atoms with Crippen molar-refractivity contribution in [2.75, 3.05) is 7.11 Å². The van der Waals surface area contributed by atoms with Crippen LogP contribution < -0.4 is 0 Å². The Balaban J connectivity index is 0.000000260. The van der Waals surface area contributed by atoms with E-state index in [2.05, 4.69) is 4.74 Å². The Labute approximate surface area is 154 Å². The first kappa shape index (κ1) is 20.9. The first-order chi connectivity index (χ1) is 12.3. The molecular weight excluding hydrogens is 328 g/mol. The Hall–Kier alpha value is -3.14. The molecule has 0 unspecified atom stereocenters. The first-order valence-corrected chi connectivity index (χ1v) is 8.12. The van der Waals surface area contributed by atoms with Crippen molar-refractivity contribution in [3.8, 4) is 0 Å². The maximum Gasteiger partial charge on any atom is 0.331 e. The lowest BCUT2D eigenvalue weighted by molar-refractivity contribution is -0.135. The minimum atomic E-state index is -0.874. The summed E-state index contributed by atoms with van der Waals surface area (Å²) < 4.78 is 4.47. The predicted molar refractivity (Wildman–Crippen MR) is 105 cm³/mol. The molecule has 0 spiro atoms. The fourth-order valence-corrected chi connectivity index (χ4v) is 1.88. The zero-order valence-electron chi connectivity index (χ0n) is 15.5. The third-order valence-corrected chi connectivity index (χ3v) is 3.49. The predicted octanol–water partition coefficient (Wildman–Crippen LogP) is 4.66. The van der Waals surface area contributed by atoms with Gasteiger partial charge in [0.2, 0.25) is 0 Å². The fraction of sp³-hybridized carbons (Fsp3) is 0.182. The van der Waals surface area contributed by atoms with Gasteiger partial charge in [-0.2, -0.15) is 0 Å². The Kier molecular flexibility index (Phi) is 8.58. The molecule has 0 heterocycles. The molecular formula is C22H24O4. The molecule has 136 valence electrons. The number of rotatable bonds is 4. The maximum atomic E-state index is 10.7. The number of methoxy groups -OCH3 is 1. The van der Waals surface area contributed by atoms with Crippen LogP contribution in [0.2, 0.25) is 0 Å². The number of carbonyl (C=O) groups excluding carboxylic acids is 1. The van der Waals surface area contributed by atoms with Gasteiger partial charge in [-0.1, -0.05) is 59.7 Å². The SMILES string of the molecule is CC(=Cc1ccc(C)cc1)C(=O)O.COC(=O)C=Cc1ccc(C)cc1. The molecule has 2 aromatic rings. The van der Waals surface area contributed by atoms with Crippen LogP contribution in [0.4, 0.5) is 0 Å². The van der Waals surface area contributed by atoms with Gasteiger partial charge in [-0.15, -0.1) is 0 Å². The molecule has 4 nitrogen and oxygen atoms in total. The van der Waals surface area contributed by atoms with Crippen molar-refractivity contribution in [3.63, 3.8) is 0 Å². The number of ether oxygens (including phenoxy) is 1. The van der Waals surface area contributed by atoms with Crippen molar-refractivity contribution in [1.82, 2.24) is 0 Å². The molecule has 0 saturated heterocycles. The molecule has 0 aliphatic heterocycles. The summed E-state index contributed by atoms with van der Waals surface area (Å²) in [4.78, 5) is 21.2. The molecule has 0 aromatic heterocycles. The molecule has 0 radical (unpaired) electrons. The molecule has 0 saturated carbocycles. The van der Waals surface area contributed by atoms with E-state index >= 15 is 0 Å². The Morgan fingerprint density at radius 1 is 0.885 bits per heavy atom. The quantitative estimate of drug-likeness (QED) is 0.642. The molecule has 1 N–H and O–H groups in total. The lowest BCUT2D eigenvalue weighted by Gasteiger charge is -1.96. The summed E-state index contributed by atoms with van der Waals surface area (Å²) >= 11 is 0. The van der Waals surface area contributed by atoms with Gasteiger partial charge < -0.3 is 9.84 Å². The van der Waals surface area contributed by atoms with Crippen LogP contribution in [0.1, 0.15) is 29.2 Å². The van der Waals surface area contributed by atoms with Crippen molar-refractivity contribution in [2.45, 2.75) is 20.8 Å². The topological polar surface area (TPSA) is 63.6 Å². The summed E-state index contributed by atoms with van der Waals surface area (Å²) in [6.07, 6.45) is 4.79. The van der Waals surface area contributed by atoms with E-state index in [1.807, 2.05) is 62.4 Å². The number of aryl methyl sites for hydroxylation is 2. The molecule has 0 aliphatic carbocycles. The van der Waals surface area contributed by atoms with Crippen molar-refractivity contribution in [2.24, 2.45) is 0 Å².